The van der Waals surface area contributed by atoms with Gasteiger partial charge in [0.2, 0.25) is 5.88 Å². The van der Waals surface area contributed by atoms with E-state index in [0.717, 1.165) is 4.47 Å². The van der Waals surface area contributed by atoms with Crippen molar-refractivity contribution in [3.05, 3.63) is 51.6 Å². The summed E-state index contributed by atoms with van der Waals surface area (Å²) in [6, 6.07) is 8.53. The zero-order chi connectivity index (χ0) is 14.5. The average Bonchev–Trinajstić information content (AvgIpc) is 2.44. The molecule has 0 atom stereocenters. The van der Waals surface area contributed by atoms with E-state index in [1.54, 1.807) is 30.3 Å². The third-order valence-corrected chi connectivity index (χ3v) is 3.28. The summed E-state index contributed by atoms with van der Waals surface area (Å²) in [5.41, 5.74) is 0.976. The Labute approximate surface area is 130 Å². The Morgan fingerprint density at radius 2 is 2.20 bits per heavy atom. The lowest BCUT2D eigenvalue weighted by molar-refractivity contribution is 0.102. The first-order chi connectivity index (χ1) is 9.60. The number of benzene rings is 1. The van der Waals surface area contributed by atoms with E-state index >= 15 is 0 Å². The van der Waals surface area contributed by atoms with Crippen LogP contribution in [-0.2, 0) is 0 Å². The fraction of sp³-hybridized carbons (Fsp3) is 0.143. The summed E-state index contributed by atoms with van der Waals surface area (Å²) in [6.07, 6.45) is 1.54. The predicted octanol–water partition coefficient (Wildman–Crippen LogP) is 4.15. The van der Waals surface area contributed by atoms with Crippen LogP contribution in [0.4, 0.5) is 5.69 Å². The van der Waals surface area contributed by atoms with Gasteiger partial charge in [0.05, 0.1) is 29.1 Å². The van der Waals surface area contributed by atoms with Crippen molar-refractivity contribution >= 4 is 39.1 Å². The molecule has 0 fully saturated rings. The number of ether oxygens (including phenoxy) is 1. The number of nitrogens with one attached hydrogen (secondary N) is 1. The van der Waals surface area contributed by atoms with Crippen LogP contribution in [-0.4, -0.2) is 17.5 Å². The summed E-state index contributed by atoms with van der Waals surface area (Å²) >= 11 is 9.32. The number of pyridine rings is 1. The van der Waals surface area contributed by atoms with E-state index in [2.05, 4.69) is 26.2 Å². The van der Waals surface area contributed by atoms with Gasteiger partial charge in [-0.2, -0.15) is 0 Å². The van der Waals surface area contributed by atoms with Crippen molar-refractivity contribution in [3.8, 4) is 5.88 Å². The van der Waals surface area contributed by atoms with E-state index in [9.17, 15) is 4.79 Å². The number of rotatable bonds is 4. The molecule has 104 valence electrons. The normalized spacial score (nSPS) is 10.2. The fourth-order valence-electron chi connectivity index (χ4n) is 1.56. The van der Waals surface area contributed by atoms with Gasteiger partial charge in [-0.05, 0) is 31.2 Å². The van der Waals surface area contributed by atoms with E-state index in [-0.39, 0.29) is 5.91 Å². The summed E-state index contributed by atoms with van der Waals surface area (Å²) in [5.74, 6) is 0.230. The van der Waals surface area contributed by atoms with Gasteiger partial charge in [0.15, 0.2) is 0 Å². The number of carbonyl (C=O) groups is 1. The van der Waals surface area contributed by atoms with Crippen molar-refractivity contribution in [2.75, 3.05) is 11.9 Å². The second kappa shape index (κ2) is 6.72. The third-order valence-electron chi connectivity index (χ3n) is 2.46. The van der Waals surface area contributed by atoms with Gasteiger partial charge in [0.25, 0.3) is 5.91 Å². The number of carbonyl (C=O) groups excluding carboxylic acids is 1. The lowest BCUT2D eigenvalue weighted by Gasteiger charge is -2.08. The Balaban J connectivity index is 2.13. The largest absolute Gasteiger partial charge is 0.478 e. The third kappa shape index (κ3) is 3.71. The average molecular weight is 356 g/mol. The molecule has 0 spiro atoms. The summed E-state index contributed by atoms with van der Waals surface area (Å²) in [6.45, 7) is 2.43. The molecule has 6 heteroatoms. The van der Waals surface area contributed by atoms with Gasteiger partial charge in [0.1, 0.15) is 0 Å². The van der Waals surface area contributed by atoms with E-state index in [1.807, 2.05) is 6.92 Å². The molecule has 1 amide bonds. The summed E-state index contributed by atoms with van der Waals surface area (Å²) in [5, 5.41) is 3.13. The van der Waals surface area contributed by atoms with Crippen LogP contribution in [0.25, 0.3) is 0 Å². The van der Waals surface area contributed by atoms with Crippen LogP contribution < -0.4 is 10.1 Å². The van der Waals surface area contributed by atoms with Crippen LogP contribution in [0.2, 0.25) is 5.02 Å². The fourth-order valence-corrected chi connectivity index (χ4v) is 2.12. The topological polar surface area (TPSA) is 51.2 Å². The van der Waals surface area contributed by atoms with Crippen LogP contribution in [0.1, 0.15) is 17.3 Å². The lowest BCUT2D eigenvalue weighted by Crippen LogP contribution is -2.12. The molecule has 0 aliphatic carbocycles. The van der Waals surface area contributed by atoms with E-state index in [4.69, 9.17) is 16.3 Å². The predicted molar refractivity (Wildman–Crippen MR) is 82.5 cm³/mol. The molecule has 20 heavy (non-hydrogen) atoms. The molecule has 2 aromatic rings. The smallest absolute Gasteiger partial charge is 0.257 e. The van der Waals surface area contributed by atoms with Gasteiger partial charge in [-0.1, -0.05) is 27.5 Å². The molecule has 2 rings (SSSR count). The van der Waals surface area contributed by atoms with Gasteiger partial charge in [-0.3, -0.25) is 4.79 Å². The zero-order valence-electron chi connectivity index (χ0n) is 10.7. The SMILES string of the molecule is CCOc1ccc(NC(=O)c2cc(Br)ccc2Cl)cn1. The van der Waals surface area contributed by atoms with Crippen LogP contribution in [0, 0.1) is 0 Å². The van der Waals surface area contributed by atoms with Crippen LogP contribution in [0.5, 0.6) is 5.88 Å². The van der Waals surface area contributed by atoms with Crippen LogP contribution in [0.15, 0.2) is 41.0 Å². The second-order valence-electron chi connectivity index (χ2n) is 3.90. The van der Waals surface area contributed by atoms with Crippen molar-refractivity contribution in [1.29, 1.82) is 0 Å². The lowest BCUT2D eigenvalue weighted by atomic mass is 10.2. The van der Waals surface area contributed by atoms with Crippen LogP contribution in [0.3, 0.4) is 0 Å². The molecule has 1 aromatic heterocycles. The Morgan fingerprint density at radius 3 is 2.85 bits per heavy atom. The summed E-state index contributed by atoms with van der Waals surface area (Å²) < 4.78 is 6.02. The highest BCUT2D eigenvalue weighted by molar-refractivity contribution is 9.10. The standard InChI is InChI=1S/C14H12BrClN2O2/c1-2-20-13-6-4-10(8-17-13)18-14(19)11-7-9(15)3-5-12(11)16/h3-8H,2H2,1H3,(H,18,19). The summed E-state index contributed by atoms with van der Waals surface area (Å²) in [4.78, 5) is 16.2. The number of halogens is 2. The van der Waals surface area contributed by atoms with Crippen molar-refractivity contribution in [3.63, 3.8) is 0 Å². The van der Waals surface area contributed by atoms with Crippen molar-refractivity contribution in [2.45, 2.75) is 6.92 Å². The Hall–Kier alpha value is -1.59. The number of amides is 1. The van der Waals surface area contributed by atoms with E-state index in [0.29, 0.717) is 28.8 Å². The number of aromatic nitrogens is 1. The van der Waals surface area contributed by atoms with Gasteiger partial charge >= 0.3 is 0 Å². The molecule has 0 aliphatic heterocycles. The van der Waals surface area contributed by atoms with E-state index < -0.39 is 0 Å². The van der Waals surface area contributed by atoms with Gasteiger partial charge in [0, 0.05) is 10.5 Å². The molecule has 1 heterocycles. The maximum Gasteiger partial charge on any atom is 0.257 e. The molecule has 0 saturated heterocycles. The minimum absolute atomic E-state index is 0.290. The van der Waals surface area contributed by atoms with Gasteiger partial charge in [-0.25, -0.2) is 4.98 Å². The molecule has 1 N–H and O–H groups in total. The monoisotopic (exact) mass is 354 g/mol. The highest BCUT2D eigenvalue weighted by atomic mass is 79.9. The Kier molecular flexibility index (Phi) is 4.98. The molecule has 0 unspecified atom stereocenters. The zero-order valence-corrected chi connectivity index (χ0v) is 13.0. The highest BCUT2D eigenvalue weighted by Crippen LogP contribution is 2.22. The first-order valence-electron chi connectivity index (χ1n) is 5.95. The Morgan fingerprint density at radius 1 is 1.40 bits per heavy atom. The maximum absolute atomic E-state index is 12.1. The quantitative estimate of drug-likeness (QED) is 0.896. The van der Waals surface area contributed by atoms with Gasteiger partial charge in [-0.15, -0.1) is 0 Å². The molecule has 4 nitrogen and oxygen atoms in total. The minimum Gasteiger partial charge on any atom is -0.478 e. The maximum atomic E-state index is 12.1. The Bertz CT molecular complexity index is 617. The number of hydrogen-bond acceptors (Lipinski definition) is 3. The van der Waals surface area contributed by atoms with Crippen molar-refractivity contribution in [2.24, 2.45) is 0 Å². The molecular weight excluding hydrogens is 344 g/mol. The minimum atomic E-state index is -0.290. The second-order valence-corrected chi connectivity index (χ2v) is 5.22. The summed E-state index contributed by atoms with van der Waals surface area (Å²) in [7, 11) is 0. The number of hydrogen-bond donors (Lipinski definition) is 1. The number of anilines is 1. The van der Waals surface area contributed by atoms with Crippen molar-refractivity contribution < 1.29 is 9.53 Å². The van der Waals surface area contributed by atoms with Gasteiger partial charge < -0.3 is 10.1 Å². The molecule has 0 aliphatic rings. The highest BCUT2D eigenvalue weighted by Gasteiger charge is 2.11. The number of nitrogens with zero attached hydrogens (tertiary/aromatic N) is 1. The first-order valence-corrected chi connectivity index (χ1v) is 7.12. The molecule has 0 saturated carbocycles. The van der Waals surface area contributed by atoms with E-state index in [1.165, 1.54) is 6.20 Å². The molecule has 0 bridgehead atoms. The first kappa shape index (κ1) is 14.8. The molecular formula is C14H12BrClN2O2. The molecule has 1 aromatic carbocycles. The molecule has 0 radical (unpaired) electrons. The van der Waals surface area contributed by atoms with Crippen LogP contribution >= 0.6 is 27.5 Å². The van der Waals surface area contributed by atoms with Crippen molar-refractivity contribution in [1.82, 2.24) is 4.98 Å².